The molecule has 0 atom stereocenters. The van der Waals surface area contributed by atoms with Gasteiger partial charge in [-0.1, -0.05) is 0 Å². The lowest BCUT2D eigenvalue weighted by Gasteiger charge is -1.89. The highest BCUT2D eigenvalue weighted by atomic mass is 16.5. The number of hydrogen-bond donors (Lipinski definition) is 0. The van der Waals surface area contributed by atoms with Gasteiger partial charge in [0, 0.05) is 6.92 Å². The zero-order valence-electron chi connectivity index (χ0n) is 5.37. The van der Waals surface area contributed by atoms with E-state index < -0.39 is 0 Å². The van der Waals surface area contributed by atoms with Crippen LogP contribution in [0.4, 0.5) is 0 Å². The van der Waals surface area contributed by atoms with E-state index in [-0.39, 0.29) is 5.97 Å². The van der Waals surface area contributed by atoms with Gasteiger partial charge >= 0.3 is 5.97 Å². The van der Waals surface area contributed by atoms with Crippen LogP contribution in [0.2, 0.25) is 0 Å². The zero-order chi connectivity index (χ0) is 7.70. The normalized spacial score (nSPS) is 6.00. The van der Waals surface area contributed by atoms with Gasteiger partial charge < -0.3 is 15.8 Å². The molecule has 5 heteroatoms. The molecule has 0 bridgehead atoms. The van der Waals surface area contributed by atoms with Gasteiger partial charge in [-0.05, 0) is 6.92 Å². The molecule has 0 radical (unpaired) electrons. The van der Waals surface area contributed by atoms with Gasteiger partial charge in [-0.2, -0.15) is 0 Å². The second-order valence-corrected chi connectivity index (χ2v) is 1.01. The van der Waals surface area contributed by atoms with Crippen molar-refractivity contribution in [1.29, 1.82) is 0 Å². The first-order valence-electron chi connectivity index (χ1n) is 2.30. The number of carbonyl (C=O) groups excluding carboxylic acids is 1. The van der Waals surface area contributed by atoms with Crippen LogP contribution >= 0.6 is 0 Å². The van der Waals surface area contributed by atoms with E-state index in [2.05, 4.69) is 4.74 Å². The van der Waals surface area contributed by atoms with Crippen LogP contribution in [0.5, 0.6) is 0 Å². The Bertz CT molecular complexity index is 106. The predicted molar refractivity (Wildman–Crippen MR) is 32.4 cm³/mol. The van der Waals surface area contributed by atoms with Crippen LogP contribution < -0.4 is 0 Å². The molecular formula is C4H8N3O2-. The van der Waals surface area contributed by atoms with E-state index in [1.807, 2.05) is 0 Å². The van der Waals surface area contributed by atoms with Crippen LogP contribution in [-0.4, -0.2) is 12.6 Å². The van der Waals surface area contributed by atoms with Crippen LogP contribution in [0.25, 0.3) is 16.0 Å². The van der Waals surface area contributed by atoms with E-state index in [1.54, 1.807) is 6.92 Å². The van der Waals surface area contributed by atoms with Gasteiger partial charge in [0.15, 0.2) is 0 Å². The number of hydrogen-bond acceptors (Lipinski definition) is 2. The van der Waals surface area contributed by atoms with Crippen LogP contribution in [0.3, 0.4) is 0 Å². The first-order valence-corrected chi connectivity index (χ1v) is 2.30. The van der Waals surface area contributed by atoms with E-state index in [1.165, 1.54) is 11.8 Å². The third-order valence-corrected chi connectivity index (χ3v) is 0.348. The molecule has 0 fully saturated rings. The summed E-state index contributed by atoms with van der Waals surface area (Å²) in [6.07, 6.45) is 0. The molecule has 0 aliphatic rings. The van der Waals surface area contributed by atoms with Crippen molar-refractivity contribution in [3.05, 3.63) is 16.0 Å². The number of nitrogens with zero attached hydrogens (tertiary/aromatic N) is 3. The summed E-state index contributed by atoms with van der Waals surface area (Å²) in [7, 11) is 0. The Kier molecular flexibility index (Phi) is 11.8. The van der Waals surface area contributed by atoms with Crippen molar-refractivity contribution in [3.63, 3.8) is 0 Å². The van der Waals surface area contributed by atoms with Crippen molar-refractivity contribution in [1.82, 2.24) is 0 Å². The molecule has 0 aromatic carbocycles. The van der Waals surface area contributed by atoms with E-state index in [0.29, 0.717) is 6.61 Å². The largest absolute Gasteiger partial charge is 0.466 e. The molecule has 0 N–H and O–H groups in total. The molecular weight excluding hydrogens is 122 g/mol. The smallest absolute Gasteiger partial charge is 0.302 e. The summed E-state index contributed by atoms with van der Waals surface area (Å²) < 4.78 is 4.40. The van der Waals surface area contributed by atoms with Gasteiger partial charge in [-0.25, -0.2) is 0 Å². The third-order valence-electron chi connectivity index (χ3n) is 0.348. The molecule has 0 aliphatic heterocycles. The average Bonchev–Trinajstić information content (AvgIpc) is 1.67. The predicted octanol–water partition coefficient (Wildman–Crippen LogP) is 1.44. The Balaban J connectivity index is 0. The van der Waals surface area contributed by atoms with Crippen molar-refractivity contribution in [2.45, 2.75) is 13.8 Å². The number of esters is 1. The summed E-state index contributed by atoms with van der Waals surface area (Å²) in [6.45, 7) is 3.65. The summed E-state index contributed by atoms with van der Waals surface area (Å²) in [4.78, 5) is 11.3. The van der Waals surface area contributed by atoms with Gasteiger partial charge in [-0.3, -0.25) is 9.71 Å². The number of carbonyl (C=O) groups is 1. The third kappa shape index (κ3) is 48.9. The molecule has 0 aromatic rings. The molecule has 0 spiro atoms. The number of rotatable bonds is 1. The Morgan fingerprint density at radius 2 is 2.00 bits per heavy atom. The van der Waals surface area contributed by atoms with Crippen LogP contribution in [0.1, 0.15) is 13.8 Å². The van der Waals surface area contributed by atoms with Crippen molar-refractivity contribution < 1.29 is 9.53 Å². The molecule has 0 amide bonds. The van der Waals surface area contributed by atoms with E-state index >= 15 is 0 Å². The van der Waals surface area contributed by atoms with E-state index in [9.17, 15) is 4.79 Å². The number of ether oxygens (including phenoxy) is 1. The van der Waals surface area contributed by atoms with Crippen LogP contribution in [-0.2, 0) is 9.53 Å². The van der Waals surface area contributed by atoms with Gasteiger partial charge in [-0.15, -0.1) is 0 Å². The van der Waals surface area contributed by atoms with Gasteiger partial charge in [0.2, 0.25) is 0 Å². The molecule has 0 unspecified atom stereocenters. The maximum absolute atomic E-state index is 9.82. The molecule has 9 heavy (non-hydrogen) atoms. The van der Waals surface area contributed by atoms with Crippen LogP contribution in [0.15, 0.2) is 0 Å². The Hall–Kier alpha value is -1.22. The minimum absolute atomic E-state index is 0.211. The fourth-order valence-electron chi connectivity index (χ4n) is 0.203. The summed E-state index contributed by atoms with van der Waals surface area (Å²) in [5.74, 6) is -0.211. The molecule has 5 nitrogen and oxygen atoms in total. The topological polar surface area (TPSA) is 85.0 Å². The summed E-state index contributed by atoms with van der Waals surface area (Å²) >= 11 is 0. The summed E-state index contributed by atoms with van der Waals surface area (Å²) in [6, 6.07) is 0. The monoisotopic (exact) mass is 130 g/mol. The highest BCUT2D eigenvalue weighted by Gasteiger charge is 1.81. The Labute approximate surface area is 53.0 Å². The van der Waals surface area contributed by atoms with Gasteiger partial charge in [0.25, 0.3) is 0 Å². The fourth-order valence-corrected chi connectivity index (χ4v) is 0.203. The second kappa shape index (κ2) is 9.91. The summed E-state index contributed by atoms with van der Waals surface area (Å²) in [5, 5.41) is 0. The highest BCUT2D eigenvalue weighted by Crippen LogP contribution is 1.69. The second-order valence-electron chi connectivity index (χ2n) is 1.01. The minimum atomic E-state index is -0.211. The quantitative estimate of drug-likeness (QED) is 0.233. The lowest BCUT2D eigenvalue weighted by atomic mass is 10.8. The molecule has 0 rings (SSSR count). The zero-order valence-corrected chi connectivity index (χ0v) is 5.37. The lowest BCUT2D eigenvalue weighted by Crippen LogP contribution is -1.95. The summed E-state index contributed by atoms with van der Waals surface area (Å²) in [5.41, 5.74) is 13.5. The molecule has 0 heterocycles. The average molecular weight is 130 g/mol. The first kappa shape index (κ1) is 10.7. The molecule has 0 saturated heterocycles. The maximum Gasteiger partial charge on any atom is 0.302 e. The lowest BCUT2D eigenvalue weighted by molar-refractivity contribution is -0.140. The molecule has 52 valence electrons. The van der Waals surface area contributed by atoms with Gasteiger partial charge in [0.1, 0.15) is 0 Å². The van der Waals surface area contributed by atoms with Crippen LogP contribution in [0, 0.1) is 0 Å². The SMILES string of the molecule is CCOC(C)=O.[N-]=[N+]=[N-]. The fraction of sp³-hybridized carbons (Fsp3) is 0.750. The van der Waals surface area contributed by atoms with Crippen molar-refractivity contribution in [2.24, 2.45) is 0 Å². The molecule has 0 aromatic heterocycles. The molecule has 0 saturated carbocycles. The highest BCUT2D eigenvalue weighted by molar-refractivity contribution is 5.65. The van der Waals surface area contributed by atoms with Crippen molar-refractivity contribution >= 4 is 5.97 Å². The standard InChI is InChI=1S/C4H8O2.N3/c1-3-6-4(2)5;1-3-2/h3H2,1-2H3;/q;-1. The molecule has 0 aliphatic carbocycles. The first-order chi connectivity index (χ1) is 4.18. The van der Waals surface area contributed by atoms with Crippen molar-refractivity contribution in [3.8, 4) is 0 Å². The maximum atomic E-state index is 9.82. The Morgan fingerprint density at radius 3 is 2.00 bits per heavy atom. The van der Waals surface area contributed by atoms with E-state index in [0.717, 1.165) is 0 Å². The van der Waals surface area contributed by atoms with Crippen molar-refractivity contribution in [2.75, 3.05) is 6.61 Å². The minimum Gasteiger partial charge on any atom is -0.466 e. The Morgan fingerprint density at radius 1 is 1.67 bits per heavy atom. The van der Waals surface area contributed by atoms with E-state index in [4.69, 9.17) is 11.1 Å². The van der Waals surface area contributed by atoms with Gasteiger partial charge in [0.05, 0.1) is 6.61 Å².